The molecule has 1 fully saturated rings. The fraction of sp³-hybridized carbons (Fsp3) is 0.474. The second-order valence-electron chi connectivity index (χ2n) is 7.21. The largest absolute Gasteiger partial charge is 0.384 e. The normalized spacial score (nSPS) is 17.5. The summed E-state index contributed by atoms with van der Waals surface area (Å²) in [5.74, 6) is 0.266. The fourth-order valence-corrected chi connectivity index (χ4v) is 3.40. The highest BCUT2D eigenvalue weighted by Gasteiger charge is 2.32. The van der Waals surface area contributed by atoms with Gasteiger partial charge in [-0.2, -0.15) is 0 Å². The number of nitrogens with one attached hydrogen (secondary N) is 1. The van der Waals surface area contributed by atoms with Crippen LogP contribution in [0.25, 0.3) is 0 Å². The van der Waals surface area contributed by atoms with Gasteiger partial charge in [-0.3, -0.25) is 10.1 Å². The van der Waals surface area contributed by atoms with Crippen molar-refractivity contribution in [1.82, 2.24) is 5.16 Å². The Kier molecular flexibility index (Phi) is 5.53. The smallest absolute Gasteiger partial charge is 0.249 e. The van der Waals surface area contributed by atoms with Crippen molar-refractivity contribution >= 4 is 29.1 Å². The van der Waals surface area contributed by atoms with Crippen molar-refractivity contribution in [2.75, 3.05) is 30.5 Å². The van der Waals surface area contributed by atoms with Crippen LogP contribution in [-0.4, -0.2) is 37.4 Å². The summed E-state index contributed by atoms with van der Waals surface area (Å²) >= 11 is 5.96. The molecule has 1 saturated heterocycles. The van der Waals surface area contributed by atoms with Gasteiger partial charge in [0.25, 0.3) is 0 Å². The van der Waals surface area contributed by atoms with Gasteiger partial charge in [0.1, 0.15) is 6.04 Å². The number of amides is 1. The lowest BCUT2D eigenvalue weighted by atomic mass is 9.90. The summed E-state index contributed by atoms with van der Waals surface area (Å²) in [6.07, 6.45) is 1.76. The number of anilines is 2. The first-order valence-electron chi connectivity index (χ1n) is 8.70. The quantitative estimate of drug-likeness (QED) is 0.827. The van der Waals surface area contributed by atoms with Gasteiger partial charge in [0.2, 0.25) is 11.8 Å². The van der Waals surface area contributed by atoms with Crippen LogP contribution in [0.4, 0.5) is 11.6 Å². The average molecular weight is 378 g/mol. The highest BCUT2D eigenvalue weighted by molar-refractivity contribution is 6.30. The fourth-order valence-electron chi connectivity index (χ4n) is 3.27. The van der Waals surface area contributed by atoms with Crippen molar-refractivity contribution in [3.8, 4) is 0 Å². The third-order valence-corrected chi connectivity index (χ3v) is 4.92. The van der Waals surface area contributed by atoms with Crippen LogP contribution in [0.5, 0.6) is 0 Å². The van der Waals surface area contributed by atoms with Gasteiger partial charge >= 0.3 is 0 Å². The number of halogens is 1. The zero-order chi connectivity index (χ0) is 18.7. The Morgan fingerprint density at radius 3 is 2.85 bits per heavy atom. The molecule has 1 amide bonds. The summed E-state index contributed by atoms with van der Waals surface area (Å²) in [6, 6.07) is 9.08. The number of carbonyl (C=O) groups excluding carboxylic acids is 1. The molecular weight excluding hydrogens is 354 g/mol. The molecule has 0 bridgehead atoms. The third-order valence-electron chi connectivity index (χ3n) is 4.67. The van der Waals surface area contributed by atoms with Crippen LogP contribution in [-0.2, 0) is 14.9 Å². The lowest BCUT2D eigenvalue weighted by Gasteiger charge is -2.25. The number of carbonyl (C=O) groups is 1. The molecule has 1 aromatic heterocycles. The molecular formula is C19H24ClN3O3. The zero-order valence-corrected chi connectivity index (χ0v) is 16.0. The molecule has 0 saturated carbocycles. The third kappa shape index (κ3) is 4.02. The molecule has 2 aromatic rings. The Bertz CT molecular complexity index is 758. The van der Waals surface area contributed by atoms with Crippen LogP contribution < -0.4 is 10.2 Å². The zero-order valence-electron chi connectivity index (χ0n) is 15.3. The molecule has 2 heterocycles. The van der Waals surface area contributed by atoms with E-state index in [1.54, 1.807) is 13.2 Å². The van der Waals surface area contributed by atoms with Crippen molar-refractivity contribution in [2.24, 2.45) is 0 Å². The van der Waals surface area contributed by atoms with Crippen LogP contribution in [0.2, 0.25) is 5.02 Å². The van der Waals surface area contributed by atoms with Crippen LogP contribution in [0, 0.1) is 0 Å². The first kappa shape index (κ1) is 18.7. The Morgan fingerprint density at radius 1 is 1.42 bits per heavy atom. The maximum atomic E-state index is 12.8. The van der Waals surface area contributed by atoms with E-state index in [1.807, 2.05) is 38.1 Å². The molecule has 26 heavy (non-hydrogen) atoms. The lowest BCUT2D eigenvalue weighted by Crippen LogP contribution is -2.39. The maximum Gasteiger partial charge on any atom is 0.249 e. The molecule has 6 nitrogen and oxygen atoms in total. The highest BCUT2D eigenvalue weighted by Crippen LogP contribution is 2.29. The first-order chi connectivity index (χ1) is 12.4. The van der Waals surface area contributed by atoms with Gasteiger partial charge in [0.05, 0.1) is 12.3 Å². The van der Waals surface area contributed by atoms with Crippen LogP contribution in [0.15, 0.2) is 34.9 Å². The van der Waals surface area contributed by atoms with Gasteiger partial charge in [0, 0.05) is 35.8 Å². The number of methoxy groups -OCH3 is 1. The molecule has 1 aromatic carbocycles. The molecule has 1 N–H and O–H groups in total. The van der Waals surface area contributed by atoms with Gasteiger partial charge in [-0.1, -0.05) is 30.6 Å². The summed E-state index contributed by atoms with van der Waals surface area (Å²) in [5.41, 5.74) is 1.45. The van der Waals surface area contributed by atoms with Crippen molar-refractivity contribution in [3.63, 3.8) is 0 Å². The number of rotatable bonds is 6. The van der Waals surface area contributed by atoms with Crippen molar-refractivity contribution in [3.05, 3.63) is 41.0 Å². The molecule has 0 radical (unpaired) electrons. The minimum atomic E-state index is -0.288. The monoisotopic (exact) mass is 377 g/mol. The van der Waals surface area contributed by atoms with E-state index in [1.165, 1.54) is 0 Å². The number of aromatic nitrogens is 1. The minimum Gasteiger partial charge on any atom is -0.384 e. The van der Waals surface area contributed by atoms with E-state index in [0.717, 1.165) is 30.8 Å². The molecule has 1 aliphatic rings. The maximum absolute atomic E-state index is 12.8. The molecule has 1 aliphatic heterocycles. The number of nitrogens with zero attached hydrogens (tertiary/aromatic N) is 2. The molecule has 140 valence electrons. The van der Waals surface area contributed by atoms with Gasteiger partial charge in [0.15, 0.2) is 0 Å². The summed E-state index contributed by atoms with van der Waals surface area (Å²) in [6.45, 7) is 5.38. The van der Waals surface area contributed by atoms with E-state index in [-0.39, 0.29) is 17.4 Å². The SMILES string of the molecule is COCC(C)(C)c1cc(NC(=O)[C@@H]2CCCN2c2ccc(Cl)cc2)on1. The van der Waals surface area contributed by atoms with Crippen LogP contribution in [0.1, 0.15) is 32.4 Å². The Balaban J connectivity index is 1.69. The molecule has 7 heteroatoms. The van der Waals surface area contributed by atoms with E-state index < -0.39 is 0 Å². The van der Waals surface area contributed by atoms with Gasteiger partial charge in [-0.05, 0) is 37.1 Å². The predicted octanol–water partition coefficient (Wildman–Crippen LogP) is 3.86. The second-order valence-corrected chi connectivity index (χ2v) is 7.65. The number of ether oxygens (including phenoxy) is 1. The predicted molar refractivity (Wildman–Crippen MR) is 102 cm³/mol. The van der Waals surface area contributed by atoms with Crippen LogP contribution >= 0.6 is 11.6 Å². The Morgan fingerprint density at radius 2 is 2.15 bits per heavy atom. The highest BCUT2D eigenvalue weighted by atomic mass is 35.5. The first-order valence-corrected chi connectivity index (χ1v) is 9.08. The van der Waals surface area contributed by atoms with Gasteiger partial charge in [-0.25, -0.2) is 0 Å². The van der Waals surface area contributed by atoms with Crippen molar-refractivity contribution < 1.29 is 14.1 Å². The summed E-state index contributed by atoms with van der Waals surface area (Å²) < 4.78 is 10.5. The van der Waals surface area contributed by atoms with E-state index in [2.05, 4.69) is 15.4 Å². The van der Waals surface area contributed by atoms with E-state index >= 15 is 0 Å². The number of benzene rings is 1. The van der Waals surface area contributed by atoms with Crippen molar-refractivity contribution in [2.45, 2.75) is 38.1 Å². The standard InChI is InChI=1S/C19H24ClN3O3/c1-19(2,12-25-3)16-11-17(26-22-16)21-18(24)15-5-4-10-23(15)14-8-6-13(20)7-9-14/h6-9,11,15H,4-5,10,12H2,1-3H3,(H,21,24)/t15-/m0/s1. The van der Waals surface area contributed by atoms with Crippen molar-refractivity contribution in [1.29, 1.82) is 0 Å². The topological polar surface area (TPSA) is 67.6 Å². The van der Waals surface area contributed by atoms with E-state index in [0.29, 0.717) is 17.5 Å². The second kappa shape index (κ2) is 7.68. The Hall–Kier alpha value is -2.05. The molecule has 0 unspecified atom stereocenters. The van der Waals surface area contributed by atoms with Gasteiger partial charge in [-0.15, -0.1) is 0 Å². The number of hydrogen-bond acceptors (Lipinski definition) is 5. The molecule has 1 atom stereocenters. The molecule has 3 rings (SSSR count). The summed E-state index contributed by atoms with van der Waals surface area (Å²) in [7, 11) is 1.65. The average Bonchev–Trinajstić information content (AvgIpc) is 3.25. The molecule has 0 spiro atoms. The Labute approximate surface area is 158 Å². The lowest BCUT2D eigenvalue weighted by molar-refractivity contribution is -0.117. The summed E-state index contributed by atoms with van der Waals surface area (Å²) in [4.78, 5) is 14.9. The number of hydrogen-bond donors (Lipinski definition) is 1. The summed E-state index contributed by atoms with van der Waals surface area (Å²) in [5, 5.41) is 7.61. The van der Waals surface area contributed by atoms with Gasteiger partial charge < -0.3 is 14.2 Å². The van der Waals surface area contributed by atoms with E-state index in [4.69, 9.17) is 20.9 Å². The minimum absolute atomic E-state index is 0.0929. The van der Waals surface area contributed by atoms with Crippen LogP contribution in [0.3, 0.4) is 0 Å². The molecule has 0 aliphatic carbocycles. The van der Waals surface area contributed by atoms with E-state index in [9.17, 15) is 4.79 Å².